The maximum Gasteiger partial charge on any atom is 0.286 e. The second kappa shape index (κ2) is 9.41. The summed E-state index contributed by atoms with van der Waals surface area (Å²) in [6.45, 7) is 4.70. The van der Waals surface area contributed by atoms with Gasteiger partial charge in [0.1, 0.15) is 11.3 Å². The molecule has 1 aliphatic rings. The second-order valence-electron chi connectivity index (χ2n) is 9.65. The molecule has 0 aliphatic heterocycles. The van der Waals surface area contributed by atoms with Crippen LogP contribution in [0.3, 0.4) is 0 Å². The Hall–Kier alpha value is -3.09. The number of rotatable bonds is 6. The van der Waals surface area contributed by atoms with Crippen molar-refractivity contribution in [3.63, 3.8) is 0 Å². The van der Waals surface area contributed by atoms with Crippen molar-refractivity contribution in [2.75, 3.05) is 19.0 Å². The van der Waals surface area contributed by atoms with Crippen LogP contribution in [0.25, 0.3) is 22.2 Å². The maximum absolute atomic E-state index is 11.9. The highest BCUT2D eigenvalue weighted by molar-refractivity contribution is 5.97. The molecule has 2 aromatic heterocycles. The average molecular weight is 451 g/mol. The number of nitrogens with zero attached hydrogens (tertiary/aromatic N) is 3. The van der Waals surface area contributed by atoms with E-state index in [9.17, 15) is 9.90 Å². The van der Waals surface area contributed by atoms with Crippen LogP contribution in [0.5, 0.6) is 5.75 Å². The number of hydrogen-bond donors (Lipinski definition) is 2. The van der Waals surface area contributed by atoms with Crippen molar-refractivity contribution in [3.8, 4) is 17.0 Å². The van der Waals surface area contributed by atoms with Gasteiger partial charge in [-0.3, -0.25) is 4.79 Å². The van der Waals surface area contributed by atoms with Gasteiger partial charge in [-0.05, 0) is 55.4 Å². The molecule has 33 heavy (non-hydrogen) atoms. The first kappa shape index (κ1) is 23.1. The fourth-order valence-corrected chi connectivity index (χ4v) is 5.23. The van der Waals surface area contributed by atoms with E-state index in [4.69, 9.17) is 4.42 Å². The number of phenolic OH excluding ortho intramolecular Hbond substituents is 1. The van der Waals surface area contributed by atoms with E-state index in [1.807, 2.05) is 12.1 Å². The van der Waals surface area contributed by atoms with Crippen LogP contribution in [0.4, 0.5) is 5.82 Å². The molecule has 1 aromatic carbocycles. The summed E-state index contributed by atoms with van der Waals surface area (Å²) in [6, 6.07) is 9.25. The number of nitrogens with one attached hydrogen (secondary N) is 1. The van der Waals surface area contributed by atoms with Crippen LogP contribution in [0.15, 0.2) is 34.7 Å². The number of aromatic hydroxyl groups is 1. The zero-order valence-electron chi connectivity index (χ0n) is 20.0. The minimum Gasteiger partial charge on any atom is -0.507 e. The van der Waals surface area contributed by atoms with Gasteiger partial charge in [0.2, 0.25) is 0 Å². The van der Waals surface area contributed by atoms with Crippen molar-refractivity contribution in [1.82, 2.24) is 15.5 Å². The molecule has 2 N–H and O–H groups in total. The molecule has 2 atom stereocenters. The summed E-state index contributed by atoms with van der Waals surface area (Å²) in [7, 11) is 3.66. The smallest absolute Gasteiger partial charge is 0.286 e. The van der Waals surface area contributed by atoms with Gasteiger partial charge in [-0.1, -0.05) is 33.1 Å². The lowest BCUT2D eigenvalue weighted by molar-refractivity contribution is 0.0937. The molecular weight excluding hydrogens is 416 g/mol. The number of anilines is 1. The summed E-state index contributed by atoms with van der Waals surface area (Å²) >= 11 is 0. The maximum atomic E-state index is 11.9. The highest BCUT2D eigenvalue weighted by Gasteiger charge is 2.32. The second-order valence-corrected chi connectivity index (χ2v) is 9.65. The summed E-state index contributed by atoms with van der Waals surface area (Å²) < 4.78 is 5.54. The third-order valence-electron chi connectivity index (χ3n) is 7.07. The van der Waals surface area contributed by atoms with Crippen LogP contribution in [-0.2, 0) is 0 Å². The van der Waals surface area contributed by atoms with E-state index < -0.39 is 0 Å². The normalized spacial score (nSPS) is 21.0. The van der Waals surface area contributed by atoms with E-state index in [-0.39, 0.29) is 17.4 Å². The Balaban J connectivity index is 1.57. The number of fused-ring (bicyclic) bond motifs is 1. The molecule has 0 radical (unpaired) electrons. The van der Waals surface area contributed by atoms with Gasteiger partial charge in [-0.25, -0.2) is 0 Å². The van der Waals surface area contributed by atoms with E-state index in [0.717, 1.165) is 11.2 Å². The quantitative estimate of drug-likeness (QED) is 0.480. The minimum absolute atomic E-state index is 0.0369. The summed E-state index contributed by atoms with van der Waals surface area (Å²) in [4.78, 5) is 14.1. The lowest BCUT2D eigenvalue weighted by Crippen LogP contribution is -2.36. The van der Waals surface area contributed by atoms with Crippen LogP contribution in [-0.4, -0.2) is 41.3 Å². The SMILES string of the molecule is CCC[C@]1(C)CCCC[C@H](N(C)c2ccc(-c3cc4cc(C(=O)NC)oc4cc3O)nn2)C1. The first-order valence-electron chi connectivity index (χ1n) is 11.9. The number of aromatic nitrogens is 2. The summed E-state index contributed by atoms with van der Waals surface area (Å²) in [6.07, 6.45) is 8.67. The van der Waals surface area contributed by atoms with Crippen molar-refractivity contribution < 1.29 is 14.3 Å². The topological polar surface area (TPSA) is 91.5 Å². The molecule has 1 saturated carbocycles. The van der Waals surface area contributed by atoms with Gasteiger partial charge in [0.15, 0.2) is 11.6 Å². The lowest BCUT2D eigenvalue weighted by Gasteiger charge is -2.35. The predicted octanol–water partition coefficient (Wildman–Crippen LogP) is 5.53. The van der Waals surface area contributed by atoms with E-state index in [0.29, 0.717) is 28.3 Å². The fourth-order valence-electron chi connectivity index (χ4n) is 5.23. The molecule has 4 rings (SSSR count). The molecular formula is C26H34N4O3. The molecule has 0 saturated heterocycles. The van der Waals surface area contributed by atoms with Gasteiger partial charge in [0.05, 0.1) is 5.69 Å². The van der Waals surface area contributed by atoms with Crippen LogP contribution >= 0.6 is 0 Å². The molecule has 2 heterocycles. The molecule has 1 amide bonds. The molecule has 7 nitrogen and oxygen atoms in total. The standard InChI is InChI=1S/C26H34N4O3/c1-5-11-26(2)12-7-6-8-18(16-26)30(4)24-10-9-20(28-29-24)19-13-17-14-23(25(32)27-3)33-22(17)15-21(19)31/h9-10,13-15,18,31H,5-8,11-12,16H2,1-4H3,(H,27,32)/t18-,26+/m0/s1. The third-order valence-corrected chi connectivity index (χ3v) is 7.07. The zero-order valence-corrected chi connectivity index (χ0v) is 20.0. The van der Waals surface area contributed by atoms with Crippen molar-refractivity contribution in [3.05, 3.63) is 36.1 Å². The van der Waals surface area contributed by atoms with E-state index in [1.54, 1.807) is 19.2 Å². The number of carbonyl (C=O) groups is 1. The van der Waals surface area contributed by atoms with Crippen LogP contribution in [0, 0.1) is 5.41 Å². The monoisotopic (exact) mass is 450 g/mol. The number of carbonyl (C=O) groups excluding carboxylic acids is 1. The number of amides is 1. The van der Waals surface area contributed by atoms with E-state index in [2.05, 4.69) is 41.3 Å². The molecule has 1 aliphatic carbocycles. The Morgan fingerprint density at radius 2 is 2.09 bits per heavy atom. The van der Waals surface area contributed by atoms with Crippen molar-refractivity contribution in [1.29, 1.82) is 0 Å². The Kier molecular flexibility index (Phi) is 6.58. The van der Waals surface area contributed by atoms with Gasteiger partial charge < -0.3 is 19.7 Å². The Bertz CT molecular complexity index is 1120. The average Bonchev–Trinajstić information content (AvgIpc) is 3.12. The zero-order chi connectivity index (χ0) is 23.6. The molecule has 7 heteroatoms. The highest BCUT2D eigenvalue weighted by atomic mass is 16.3. The fraction of sp³-hybridized carbons (Fsp3) is 0.500. The third kappa shape index (κ3) is 4.82. The summed E-state index contributed by atoms with van der Waals surface area (Å²) in [5.41, 5.74) is 1.96. The molecule has 0 bridgehead atoms. The number of phenols is 1. The Morgan fingerprint density at radius 1 is 1.27 bits per heavy atom. The first-order chi connectivity index (χ1) is 15.8. The number of benzene rings is 1. The Morgan fingerprint density at radius 3 is 2.79 bits per heavy atom. The minimum atomic E-state index is -0.312. The van der Waals surface area contributed by atoms with Crippen LogP contribution < -0.4 is 10.2 Å². The van der Waals surface area contributed by atoms with Gasteiger partial charge in [-0.2, -0.15) is 0 Å². The predicted molar refractivity (Wildman–Crippen MR) is 131 cm³/mol. The summed E-state index contributed by atoms with van der Waals surface area (Å²) in [5.74, 6) is 0.767. The molecule has 0 spiro atoms. The largest absolute Gasteiger partial charge is 0.507 e. The van der Waals surface area contributed by atoms with Crippen molar-refractivity contribution >= 4 is 22.7 Å². The molecule has 1 fully saturated rings. The Labute approximate surface area is 195 Å². The molecule has 176 valence electrons. The number of furan rings is 1. The molecule has 0 unspecified atom stereocenters. The van der Waals surface area contributed by atoms with Gasteiger partial charge >= 0.3 is 0 Å². The van der Waals surface area contributed by atoms with Crippen molar-refractivity contribution in [2.45, 2.75) is 64.8 Å². The van der Waals surface area contributed by atoms with Gasteiger partial charge in [0, 0.05) is 37.2 Å². The van der Waals surface area contributed by atoms with Crippen LogP contribution in [0.1, 0.15) is 69.3 Å². The van der Waals surface area contributed by atoms with Crippen molar-refractivity contribution in [2.24, 2.45) is 5.41 Å². The highest BCUT2D eigenvalue weighted by Crippen LogP contribution is 2.40. The van der Waals surface area contributed by atoms with Gasteiger partial charge in [-0.15, -0.1) is 10.2 Å². The summed E-state index contributed by atoms with van der Waals surface area (Å²) in [5, 5.41) is 22.7. The first-order valence-corrected chi connectivity index (χ1v) is 11.9. The van der Waals surface area contributed by atoms with E-state index >= 15 is 0 Å². The number of hydrogen-bond acceptors (Lipinski definition) is 6. The van der Waals surface area contributed by atoms with Crippen LogP contribution in [0.2, 0.25) is 0 Å². The molecule has 3 aromatic rings. The lowest BCUT2D eigenvalue weighted by atomic mass is 9.77. The van der Waals surface area contributed by atoms with E-state index in [1.165, 1.54) is 51.0 Å². The van der Waals surface area contributed by atoms with Gasteiger partial charge in [0.25, 0.3) is 5.91 Å².